The molecule has 10 nitrogen and oxygen atoms in total. The van der Waals surface area contributed by atoms with E-state index in [9.17, 15) is 24.0 Å². The Hall–Kier alpha value is -4.99. The zero-order valence-electron chi connectivity index (χ0n) is 19.5. The molecule has 3 aromatic carbocycles. The van der Waals surface area contributed by atoms with Crippen LogP contribution in [0.15, 0.2) is 72.8 Å². The first-order valence-electron chi connectivity index (χ1n) is 10.9. The van der Waals surface area contributed by atoms with E-state index < -0.39 is 30.3 Å². The lowest BCUT2D eigenvalue weighted by Crippen LogP contribution is -2.39. The number of para-hydroxylation sites is 2. The summed E-state index contributed by atoms with van der Waals surface area (Å²) in [6, 6.07) is 18.6. The number of nitrogens with zero attached hydrogens (tertiary/aromatic N) is 2. The van der Waals surface area contributed by atoms with Crippen molar-refractivity contribution in [2.24, 2.45) is 0 Å². The molecule has 6 amide bonds. The van der Waals surface area contributed by atoms with Gasteiger partial charge < -0.3 is 15.4 Å². The number of hydrogen-bond donors (Lipinski definition) is 2. The third kappa shape index (κ3) is 4.92. The molecule has 0 saturated carbocycles. The lowest BCUT2D eigenvalue weighted by atomic mass is 10.2. The molecule has 2 N–H and O–H groups in total. The number of hydrogen-bond acceptors (Lipinski definition) is 6. The molecule has 1 fully saturated rings. The molecule has 0 bridgehead atoms. The number of ether oxygens (including phenoxy) is 1. The van der Waals surface area contributed by atoms with Gasteiger partial charge in [0.05, 0.1) is 18.5 Å². The second-order valence-electron chi connectivity index (χ2n) is 7.93. The molecule has 1 aliphatic heterocycles. The molecule has 0 atom stereocenters. The van der Waals surface area contributed by atoms with Crippen LogP contribution in [-0.4, -0.2) is 48.2 Å². The van der Waals surface area contributed by atoms with Crippen molar-refractivity contribution in [3.63, 3.8) is 0 Å². The van der Waals surface area contributed by atoms with Crippen LogP contribution in [-0.2, 0) is 14.4 Å². The molecule has 3 aromatic rings. The van der Waals surface area contributed by atoms with Crippen molar-refractivity contribution in [1.29, 1.82) is 0 Å². The number of benzene rings is 3. The van der Waals surface area contributed by atoms with Gasteiger partial charge in [-0.2, -0.15) is 0 Å². The molecule has 0 aromatic heterocycles. The summed E-state index contributed by atoms with van der Waals surface area (Å²) in [4.78, 5) is 63.8. The summed E-state index contributed by atoms with van der Waals surface area (Å²) in [5.74, 6) is -2.65. The largest absolute Gasteiger partial charge is 0.495 e. The number of imide groups is 2. The Morgan fingerprint density at radius 2 is 1.50 bits per heavy atom. The third-order valence-corrected chi connectivity index (χ3v) is 5.43. The number of amides is 6. The third-order valence-electron chi connectivity index (χ3n) is 5.43. The first kappa shape index (κ1) is 24.1. The number of rotatable bonds is 7. The average Bonchev–Trinajstić information content (AvgIpc) is 3.08. The van der Waals surface area contributed by atoms with Crippen molar-refractivity contribution in [2.75, 3.05) is 29.2 Å². The zero-order chi connectivity index (χ0) is 25.8. The fraction of sp³-hybridized carbons (Fsp3) is 0.115. The smallest absolute Gasteiger partial charge is 0.339 e. The first-order valence-corrected chi connectivity index (χ1v) is 10.9. The van der Waals surface area contributed by atoms with Gasteiger partial charge in [-0.25, -0.2) is 14.6 Å². The molecule has 1 heterocycles. The minimum Gasteiger partial charge on any atom is -0.495 e. The Labute approximate surface area is 206 Å². The Balaban J connectivity index is 1.38. The van der Waals surface area contributed by atoms with E-state index in [-0.39, 0.29) is 11.6 Å². The van der Waals surface area contributed by atoms with Gasteiger partial charge >= 0.3 is 17.8 Å². The van der Waals surface area contributed by atoms with Gasteiger partial charge in [0.15, 0.2) is 0 Å². The molecular weight excluding hydrogens is 464 g/mol. The molecule has 36 heavy (non-hydrogen) atoms. The summed E-state index contributed by atoms with van der Waals surface area (Å²) in [6.07, 6.45) is 0. The highest BCUT2D eigenvalue weighted by atomic mass is 16.5. The van der Waals surface area contributed by atoms with E-state index in [0.717, 1.165) is 10.5 Å². The van der Waals surface area contributed by atoms with E-state index in [0.29, 0.717) is 27.6 Å². The van der Waals surface area contributed by atoms with E-state index in [1.807, 2.05) is 6.92 Å². The maximum atomic E-state index is 12.7. The van der Waals surface area contributed by atoms with Gasteiger partial charge in [-0.15, -0.1) is 0 Å². The van der Waals surface area contributed by atoms with Crippen molar-refractivity contribution in [3.8, 4) is 5.75 Å². The van der Waals surface area contributed by atoms with Crippen molar-refractivity contribution >= 4 is 46.7 Å². The summed E-state index contributed by atoms with van der Waals surface area (Å²) in [5, 5.41) is 5.31. The second-order valence-corrected chi connectivity index (χ2v) is 7.93. The van der Waals surface area contributed by atoms with Gasteiger partial charge in [-0.3, -0.25) is 19.2 Å². The number of aryl methyl sites for hydroxylation is 1. The maximum Gasteiger partial charge on any atom is 0.339 e. The van der Waals surface area contributed by atoms with Crippen LogP contribution in [0.2, 0.25) is 0 Å². The highest BCUT2D eigenvalue weighted by molar-refractivity contribution is 6.53. The van der Waals surface area contributed by atoms with Gasteiger partial charge in [-0.1, -0.05) is 29.8 Å². The van der Waals surface area contributed by atoms with Crippen molar-refractivity contribution in [2.45, 2.75) is 6.92 Å². The summed E-state index contributed by atoms with van der Waals surface area (Å²) in [6.45, 7) is 1.21. The Kier molecular flexibility index (Phi) is 6.77. The molecule has 0 radical (unpaired) electrons. The van der Waals surface area contributed by atoms with Crippen molar-refractivity contribution in [1.82, 2.24) is 4.90 Å². The van der Waals surface area contributed by atoms with Crippen LogP contribution < -0.4 is 20.3 Å². The molecular formula is C26H22N4O6. The average molecular weight is 486 g/mol. The summed E-state index contributed by atoms with van der Waals surface area (Å²) >= 11 is 0. The number of carbonyl (C=O) groups excluding carboxylic acids is 5. The maximum absolute atomic E-state index is 12.7. The monoisotopic (exact) mass is 486 g/mol. The topological polar surface area (TPSA) is 125 Å². The SMILES string of the molecule is COc1ccccc1NC(=O)c1ccc(NC(=O)CN2C(=O)C(=O)N(c3ccc(C)cc3)C2=O)cc1. The van der Waals surface area contributed by atoms with Crippen molar-refractivity contribution in [3.05, 3.63) is 83.9 Å². The lowest BCUT2D eigenvalue weighted by Gasteiger charge is -2.15. The van der Waals surface area contributed by atoms with Gasteiger partial charge in [0.25, 0.3) is 5.91 Å². The predicted molar refractivity (Wildman–Crippen MR) is 132 cm³/mol. The van der Waals surface area contributed by atoms with Crippen LogP contribution >= 0.6 is 0 Å². The Morgan fingerprint density at radius 1 is 0.833 bits per heavy atom. The van der Waals surface area contributed by atoms with Crippen LogP contribution in [0.1, 0.15) is 15.9 Å². The van der Waals surface area contributed by atoms with Crippen LogP contribution in [0.3, 0.4) is 0 Å². The number of anilines is 3. The molecule has 0 unspecified atom stereocenters. The number of urea groups is 1. The number of nitrogens with one attached hydrogen (secondary N) is 2. The fourth-order valence-electron chi connectivity index (χ4n) is 3.56. The first-order chi connectivity index (χ1) is 17.3. The molecule has 1 saturated heterocycles. The molecule has 0 spiro atoms. The molecule has 1 aliphatic rings. The van der Waals surface area contributed by atoms with Crippen LogP contribution in [0, 0.1) is 6.92 Å². The summed E-state index contributed by atoms with van der Waals surface area (Å²) in [7, 11) is 1.50. The quantitative estimate of drug-likeness (QED) is 0.390. The molecule has 10 heteroatoms. The number of carbonyl (C=O) groups is 5. The van der Waals surface area contributed by atoms with E-state index in [1.165, 1.54) is 31.4 Å². The lowest BCUT2D eigenvalue weighted by molar-refractivity contribution is -0.140. The number of methoxy groups -OCH3 is 1. The zero-order valence-corrected chi connectivity index (χ0v) is 19.5. The normalized spacial score (nSPS) is 13.1. The van der Waals surface area contributed by atoms with E-state index in [1.54, 1.807) is 48.5 Å². The fourth-order valence-corrected chi connectivity index (χ4v) is 3.56. The minimum absolute atomic E-state index is 0.244. The highest BCUT2D eigenvalue weighted by Gasteiger charge is 2.46. The van der Waals surface area contributed by atoms with Gasteiger partial charge in [0.1, 0.15) is 12.3 Å². The highest BCUT2D eigenvalue weighted by Crippen LogP contribution is 2.24. The minimum atomic E-state index is -1.08. The van der Waals surface area contributed by atoms with E-state index in [4.69, 9.17) is 4.74 Å². The van der Waals surface area contributed by atoms with Gasteiger partial charge in [0.2, 0.25) is 5.91 Å². The predicted octanol–water partition coefficient (Wildman–Crippen LogP) is 3.19. The van der Waals surface area contributed by atoms with E-state index in [2.05, 4.69) is 10.6 Å². The Morgan fingerprint density at radius 3 is 2.17 bits per heavy atom. The summed E-state index contributed by atoms with van der Waals surface area (Å²) < 4.78 is 5.22. The molecule has 0 aliphatic carbocycles. The Bertz CT molecular complexity index is 1350. The second kappa shape index (κ2) is 10.1. The van der Waals surface area contributed by atoms with Crippen LogP contribution in [0.4, 0.5) is 21.9 Å². The van der Waals surface area contributed by atoms with Gasteiger partial charge in [-0.05, 0) is 55.5 Å². The van der Waals surface area contributed by atoms with Crippen LogP contribution in [0.5, 0.6) is 5.75 Å². The van der Waals surface area contributed by atoms with E-state index >= 15 is 0 Å². The van der Waals surface area contributed by atoms with Gasteiger partial charge in [0, 0.05) is 11.3 Å². The standard InChI is InChI=1S/C26H22N4O6/c1-16-7-13-19(14-8-16)30-25(34)24(33)29(26(30)35)15-22(31)27-18-11-9-17(10-12-18)23(32)28-20-5-3-4-6-21(20)36-2/h3-14H,15H2,1-2H3,(H,27,31)(H,28,32). The summed E-state index contributed by atoms with van der Waals surface area (Å²) in [5.41, 5.74) is 2.35. The molecule has 182 valence electrons. The van der Waals surface area contributed by atoms with Crippen molar-refractivity contribution < 1.29 is 28.7 Å². The van der Waals surface area contributed by atoms with Crippen LogP contribution in [0.25, 0.3) is 0 Å². The molecule has 4 rings (SSSR count).